The zero-order valence-corrected chi connectivity index (χ0v) is 17.1. The molecule has 29 heavy (non-hydrogen) atoms. The summed E-state index contributed by atoms with van der Waals surface area (Å²) in [5.41, 5.74) is 5.49. The number of carbonyl (C=O) groups excluding carboxylic acids is 1. The molecule has 1 atom stereocenters. The summed E-state index contributed by atoms with van der Waals surface area (Å²) >= 11 is 0. The Morgan fingerprint density at radius 3 is 2.48 bits per heavy atom. The monoisotopic (exact) mass is 383 g/mol. The lowest BCUT2D eigenvalue weighted by atomic mass is 9.68. The van der Waals surface area contributed by atoms with Crippen LogP contribution in [0.4, 0.5) is 5.69 Å². The van der Waals surface area contributed by atoms with Gasteiger partial charge < -0.3 is 10.1 Å². The number of allylic oxidation sites excluding steroid dienone is 1. The molecule has 3 aromatic carbocycles. The normalized spacial score (nSPS) is 20.1. The molecule has 1 N–H and O–H groups in total. The van der Waals surface area contributed by atoms with Gasteiger partial charge in [-0.1, -0.05) is 56.3 Å². The van der Waals surface area contributed by atoms with Gasteiger partial charge in [0.15, 0.2) is 5.78 Å². The van der Waals surface area contributed by atoms with E-state index in [0.29, 0.717) is 6.42 Å². The molecule has 1 heterocycles. The Balaban J connectivity index is 1.76. The number of carbonyl (C=O) groups is 1. The van der Waals surface area contributed by atoms with Gasteiger partial charge in [-0.05, 0) is 51.9 Å². The molecule has 1 aliphatic heterocycles. The van der Waals surface area contributed by atoms with Crippen LogP contribution < -0.4 is 10.1 Å². The van der Waals surface area contributed by atoms with Crippen LogP contribution >= 0.6 is 0 Å². The van der Waals surface area contributed by atoms with E-state index in [2.05, 4.69) is 67.7 Å². The molecule has 1 unspecified atom stereocenters. The molecule has 3 nitrogen and oxygen atoms in total. The van der Waals surface area contributed by atoms with E-state index in [-0.39, 0.29) is 17.2 Å². The fourth-order valence-corrected chi connectivity index (χ4v) is 4.88. The first-order valence-electron chi connectivity index (χ1n) is 10.2. The molecule has 1 aliphatic carbocycles. The SMILES string of the molecule is COc1ccc(C2Nc3ccc4ccccc4c3C3=C2C(=O)CC(C)(C)C3)cc1. The fraction of sp³-hybridized carbons (Fsp3) is 0.269. The largest absolute Gasteiger partial charge is 0.497 e. The van der Waals surface area contributed by atoms with Crippen LogP contribution in [0.15, 0.2) is 66.2 Å². The van der Waals surface area contributed by atoms with Crippen molar-refractivity contribution in [3.05, 3.63) is 77.4 Å². The van der Waals surface area contributed by atoms with Crippen molar-refractivity contribution in [2.45, 2.75) is 32.7 Å². The summed E-state index contributed by atoms with van der Waals surface area (Å²) in [5.74, 6) is 1.07. The van der Waals surface area contributed by atoms with Crippen molar-refractivity contribution in [3.63, 3.8) is 0 Å². The number of ether oxygens (including phenoxy) is 1. The molecule has 3 aromatic rings. The first kappa shape index (κ1) is 18.0. The second kappa shape index (κ2) is 6.48. The maximum atomic E-state index is 13.4. The number of hydrogen-bond donors (Lipinski definition) is 1. The van der Waals surface area contributed by atoms with Crippen LogP contribution in [0.5, 0.6) is 5.75 Å². The molecule has 5 rings (SSSR count). The number of rotatable bonds is 2. The van der Waals surface area contributed by atoms with Crippen molar-refractivity contribution < 1.29 is 9.53 Å². The molecule has 0 radical (unpaired) electrons. The quantitative estimate of drug-likeness (QED) is 0.576. The average molecular weight is 383 g/mol. The number of methoxy groups -OCH3 is 1. The molecule has 146 valence electrons. The molecule has 0 saturated heterocycles. The van der Waals surface area contributed by atoms with Gasteiger partial charge in [-0.3, -0.25) is 4.79 Å². The third kappa shape index (κ3) is 2.93. The first-order chi connectivity index (χ1) is 14.0. The molecule has 0 amide bonds. The molecule has 0 saturated carbocycles. The fourth-order valence-electron chi connectivity index (χ4n) is 4.88. The predicted octanol–water partition coefficient (Wildman–Crippen LogP) is 6.16. The van der Waals surface area contributed by atoms with E-state index < -0.39 is 0 Å². The summed E-state index contributed by atoms with van der Waals surface area (Å²) < 4.78 is 5.32. The Bertz CT molecular complexity index is 1160. The van der Waals surface area contributed by atoms with Crippen LogP contribution in [0.2, 0.25) is 0 Å². The van der Waals surface area contributed by atoms with E-state index in [0.717, 1.165) is 29.0 Å². The van der Waals surface area contributed by atoms with Gasteiger partial charge in [-0.2, -0.15) is 0 Å². The summed E-state index contributed by atoms with van der Waals surface area (Å²) in [6.45, 7) is 4.40. The van der Waals surface area contributed by atoms with Crippen LogP contribution in [0.3, 0.4) is 0 Å². The smallest absolute Gasteiger partial charge is 0.162 e. The molecule has 0 aromatic heterocycles. The molecule has 0 spiro atoms. The molecule has 2 aliphatic rings. The van der Waals surface area contributed by atoms with E-state index >= 15 is 0 Å². The number of Topliss-reactive ketones (excluding diaryl/α,β-unsaturated/α-hetero) is 1. The number of benzene rings is 3. The van der Waals surface area contributed by atoms with Crippen molar-refractivity contribution in [1.29, 1.82) is 0 Å². The minimum Gasteiger partial charge on any atom is -0.497 e. The maximum Gasteiger partial charge on any atom is 0.162 e. The number of hydrogen-bond acceptors (Lipinski definition) is 3. The Labute approximate surface area is 171 Å². The lowest BCUT2D eigenvalue weighted by Crippen LogP contribution is -2.33. The third-order valence-corrected chi connectivity index (χ3v) is 6.19. The van der Waals surface area contributed by atoms with Crippen LogP contribution in [-0.4, -0.2) is 12.9 Å². The number of anilines is 1. The van der Waals surface area contributed by atoms with Gasteiger partial charge >= 0.3 is 0 Å². The Morgan fingerprint density at radius 2 is 1.72 bits per heavy atom. The molecule has 0 bridgehead atoms. The van der Waals surface area contributed by atoms with Gasteiger partial charge in [0.25, 0.3) is 0 Å². The van der Waals surface area contributed by atoms with Gasteiger partial charge in [-0.25, -0.2) is 0 Å². The third-order valence-electron chi connectivity index (χ3n) is 6.19. The minimum atomic E-state index is -0.131. The topological polar surface area (TPSA) is 38.3 Å². The van der Waals surface area contributed by atoms with E-state index in [9.17, 15) is 4.79 Å². The maximum absolute atomic E-state index is 13.4. The highest BCUT2D eigenvalue weighted by atomic mass is 16.5. The second-order valence-electron chi connectivity index (χ2n) is 8.89. The standard InChI is InChI=1S/C26H25NO2/c1-26(2)14-20-23-19-7-5-4-6-16(19)10-13-21(23)27-25(24(20)22(28)15-26)17-8-11-18(29-3)12-9-17/h4-13,25,27H,14-15H2,1-3H3. The Morgan fingerprint density at radius 1 is 0.966 bits per heavy atom. The summed E-state index contributed by atoms with van der Waals surface area (Å²) in [6, 6.07) is 20.7. The zero-order chi connectivity index (χ0) is 20.2. The van der Waals surface area contributed by atoms with Crippen molar-refractivity contribution in [1.82, 2.24) is 0 Å². The van der Waals surface area contributed by atoms with Crippen molar-refractivity contribution in [2.24, 2.45) is 5.41 Å². The van der Waals surface area contributed by atoms with E-state index in [4.69, 9.17) is 4.74 Å². The van der Waals surface area contributed by atoms with E-state index in [1.165, 1.54) is 21.9 Å². The zero-order valence-electron chi connectivity index (χ0n) is 17.1. The second-order valence-corrected chi connectivity index (χ2v) is 8.89. The van der Waals surface area contributed by atoms with Gasteiger partial charge in [0, 0.05) is 23.2 Å². The van der Waals surface area contributed by atoms with Crippen LogP contribution in [0.1, 0.15) is 43.9 Å². The Kier molecular flexibility index (Phi) is 4.02. The molecule has 0 fully saturated rings. The van der Waals surface area contributed by atoms with Crippen LogP contribution in [-0.2, 0) is 4.79 Å². The van der Waals surface area contributed by atoms with Crippen molar-refractivity contribution in [3.8, 4) is 5.75 Å². The molecule has 3 heteroatoms. The van der Waals surface area contributed by atoms with Gasteiger partial charge in [0.2, 0.25) is 0 Å². The highest BCUT2D eigenvalue weighted by Crippen LogP contribution is 2.52. The Hall–Kier alpha value is -3.07. The van der Waals surface area contributed by atoms with E-state index in [1.54, 1.807) is 7.11 Å². The van der Waals surface area contributed by atoms with Crippen molar-refractivity contribution in [2.75, 3.05) is 12.4 Å². The predicted molar refractivity (Wildman–Crippen MR) is 118 cm³/mol. The van der Waals surface area contributed by atoms with Crippen LogP contribution in [0.25, 0.3) is 16.3 Å². The first-order valence-corrected chi connectivity index (χ1v) is 10.2. The molecular formula is C26H25NO2. The lowest BCUT2D eigenvalue weighted by molar-refractivity contribution is -0.118. The highest BCUT2D eigenvalue weighted by molar-refractivity contribution is 6.12. The van der Waals surface area contributed by atoms with E-state index in [1.807, 2.05) is 12.1 Å². The summed E-state index contributed by atoms with van der Waals surface area (Å²) in [7, 11) is 1.67. The number of ketones is 1. The lowest BCUT2D eigenvalue weighted by Gasteiger charge is -2.40. The number of nitrogens with one attached hydrogen (secondary N) is 1. The highest BCUT2D eigenvalue weighted by Gasteiger charge is 2.40. The average Bonchev–Trinajstić information content (AvgIpc) is 2.72. The van der Waals surface area contributed by atoms with Crippen LogP contribution in [0, 0.1) is 5.41 Å². The van der Waals surface area contributed by atoms with Gasteiger partial charge in [0.1, 0.15) is 5.75 Å². The summed E-state index contributed by atoms with van der Waals surface area (Å²) in [6.07, 6.45) is 1.49. The molecular weight excluding hydrogens is 358 g/mol. The number of fused-ring (bicyclic) bond motifs is 4. The summed E-state index contributed by atoms with van der Waals surface area (Å²) in [5, 5.41) is 6.10. The van der Waals surface area contributed by atoms with Gasteiger partial charge in [-0.15, -0.1) is 0 Å². The van der Waals surface area contributed by atoms with Crippen molar-refractivity contribution >= 4 is 27.8 Å². The van der Waals surface area contributed by atoms with Gasteiger partial charge in [0.05, 0.1) is 13.2 Å². The minimum absolute atomic E-state index is 0.0358. The summed E-state index contributed by atoms with van der Waals surface area (Å²) in [4.78, 5) is 13.4.